The molecule has 8 heteroatoms. The van der Waals surface area contributed by atoms with E-state index < -0.39 is 33.0 Å². The first kappa shape index (κ1) is 22.2. The van der Waals surface area contributed by atoms with Gasteiger partial charge in [0, 0.05) is 4.90 Å². The average Bonchev–Trinajstić information content (AvgIpc) is 2.58. The van der Waals surface area contributed by atoms with Crippen molar-refractivity contribution in [3.63, 3.8) is 0 Å². The van der Waals surface area contributed by atoms with E-state index in [9.17, 15) is 23.1 Å². The molecule has 0 saturated heterocycles. The number of sulfone groups is 1. The minimum Gasteiger partial charge on any atom is -0.480 e. The van der Waals surface area contributed by atoms with E-state index in [1.165, 1.54) is 6.07 Å². The van der Waals surface area contributed by atoms with Gasteiger partial charge in [0.15, 0.2) is 9.84 Å². The first-order chi connectivity index (χ1) is 12.2. The van der Waals surface area contributed by atoms with Crippen LogP contribution in [0.15, 0.2) is 46.2 Å². The lowest BCUT2D eigenvalue weighted by atomic mass is 10.2. The summed E-state index contributed by atoms with van der Waals surface area (Å²) in [6, 6.07) is 5.54. The van der Waals surface area contributed by atoms with E-state index in [0.717, 1.165) is 11.8 Å². The fourth-order valence-electron chi connectivity index (χ4n) is 2.21. The highest BCUT2D eigenvalue weighted by Crippen LogP contribution is 2.30. The maximum atomic E-state index is 12.4. The quantitative estimate of drug-likeness (QED) is 0.463. The maximum Gasteiger partial charge on any atom is 0.326 e. The molecule has 0 saturated carbocycles. The summed E-state index contributed by atoms with van der Waals surface area (Å²) in [7, 11) is -3.42. The number of aliphatic carboxylic acids is 1. The third kappa shape index (κ3) is 6.49. The molecule has 1 aromatic rings. The van der Waals surface area contributed by atoms with Crippen LogP contribution in [0, 0.1) is 0 Å². The second-order valence-corrected chi connectivity index (χ2v) is 9.19. The van der Waals surface area contributed by atoms with E-state index >= 15 is 0 Å². The molecule has 0 heterocycles. The van der Waals surface area contributed by atoms with Gasteiger partial charge < -0.3 is 10.4 Å². The predicted octanol–water partition coefficient (Wildman–Crippen LogP) is 2.89. The third-order valence-electron chi connectivity index (χ3n) is 3.55. The monoisotopic (exact) mass is 399 g/mol. The minimum atomic E-state index is -3.42. The van der Waals surface area contributed by atoms with Crippen molar-refractivity contribution < 1.29 is 23.1 Å². The average molecular weight is 400 g/mol. The van der Waals surface area contributed by atoms with Crippen LogP contribution in [0.1, 0.15) is 33.6 Å². The number of thioether (sulfide) groups is 1. The van der Waals surface area contributed by atoms with Crippen molar-refractivity contribution in [1.82, 2.24) is 5.32 Å². The maximum absolute atomic E-state index is 12.4. The van der Waals surface area contributed by atoms with Crippen molar-refractivity contribution in [3.8, 4) is 0 Å². The number of carboxylic acids is 1. The first-order valence-corrected chi connectivity index (χ1v) is 10.9. The van der Waals surface area contributed by atoms with E-state index in [4.69, 9.17) is 0 Å². The van der Waals surface area contributed by atoms with Crippen LogP contribution in [0.5, 0.6) is 0 Å². The van der Waals surface area contributed by atoms with E-state index in [2.05, 4.69) is 5.32 Å². The summed E-state index contributed by atoms with van der Waals surface area (Å²) in [5, 5.41) is 11.1. The van der Waals surface area contributed by atoms with Gasteiger partial charge in [-0.1, -0.05) is 31.2 Å². The van der Waals surface area contributed by atoms with E-state index in [-0.39, 0.29) is 17.1 Å². The molecule has 0 fully saturated rings. The van der Waals surface area contributed by atoms with E-state index in [1.807, 2.05) is 0 Å². The number of amides is 1. The Morgan fingerprint density at radius 2 is 1.96 bits per heavy atom. The standard InChI is InChI=1S/C18H25NO5S2/c1-4-6-9-14(18(21)22)19-17(20)13(3)25-15-10-7-8-11-16(15)26(23,24)12-5-2/h4,6-8,10-11,13-14H,5,9,12H2,1-3H3,(H,19,20)(H,21,22)/b6-4+. The zero-order chi connectivity index (χ0) is 19.7. The molecule has 26 heavy (non-hydrogen) atoms. The number of nitrogens with one attached hydrogen (secondary N) is 1. The second kappa shape index (κ2) is 10.4. The Balaban J connectivity index is 2.92. The highest BCUT2D eigenvalue weighted by Gasteiger charge is 2.25. The SMILES string of the molecule is C/C=C/CC(NC(=O)C(C)Sc1ccccc1S(=O)(=O)CCC)C(=O)O. The zero-order valence-electron chi connectivity index (χ0n) is 15.1. The molecule has 0 aromatic heterocycles. The van der Waals surface area contributed by atoms with Crippen LogP contribution in [0.3, 0.4) is 0 Å². The Labute approximate surface area is 159 Å². The van der Waals surface area contributed by atoms with E-state index in [1.54, 1.807) is 51.1 Å². The van der Waals surface area contributed by atoms with Crippen LogP contribution in [-0.4, -0.2) is 42.4 Å². The Kier molecular flexibility index (Phi) is 8.87. The molecule has 2 unspecified atom stereocenters. The van der Waals surface area contributed by atoms with Gasteiger partial charge >= 0.3 is 5.97 Å². The molecule has 2 atom stereocenters. The van der Waals surface area contributed by atoms with Gasteiger partial charge in [0.1, 0.15) is 6.04 Å². The molecule has 144 valence electrons. The third-order valence-corrected chi connectivity index (χ3v) is 6.83. The highest BCUT2D eigenvalue weighted by molar-refractivity contribution is 8.01. The van der Waals surface area contributed by atoms with Gasteiger partial charge in [-0.3, -0.25) is 4.79 Å². The molecule has 0 spiro atoms. The van der Waals surface area contributed by atoms with Crippen LogP contribution >= 0.6 is 11.8 Å². The molecule has 0 bridgehead atoms. The topological polar surface area (TPSA) is 101 Å². The van der Waals surface area contributed by atoms with Crippen molar-refractivity contribution in [2.75, 3.05) is 5.75 Å². The fourth-order valence-corrected chi connectivity index (χ4v) is 5.05. The molecule has 2 N–H and O–H groups in total. The Morgan fingerprint density at radius 3 is 2.54 bits per heavy atom. The number of carbonyl (C=O) groups excluding carboxylic acids is 1. The molecular formula is C18H25NO5S2. The Morgan fingerprint density at radius 1 is 1.31 bits per heavy atom. The summed E-state index contributed by atoms with van der Waals surface area (Å²) in [4.78, 5) is 24.3. The number of allylic oxidation sites excluding steroid dienone is 1. The summed E-state index contributed by atoms with van der Waals surface area (Å²) in [6.07, 6.45) is 4.08. The Bertz CT molecular complexity index is 759. The van der Waals surface area contributed by atoms with Gasteiger partial charge in [-0.05, 0) is 38.8 Å². The molecule has 0 aliphatic heterocycles. The Hall–Kier alpha value is -1.80. The van der Waals surface area contributed by atoms with Gasteiger partial charge in [0.25, 0.3) is 0 Å². The highest BCUT2D eigenvalue weighted by atomic mass is 32.2. The summed E-state index contributed by atoms with van der Waals surface area (Å²) in [5.41, 5.74) is 0. The molecule has 0 aliphatic rings. The van der Waals surface area contributed by atoms with Crippen LogP contribution in [0.4, 0.5) is 0 Å². The van der Waals surface area contributed by atoms with Gasteiger partial charge in [0.05, 0.1) is 15.9 Å². The predicted molar refractivity (Wildman–Crippen MR) is 103 cm³/mol. The van der Waals surface area contributed by atoms with Crippen molar-refractivity contribution in [1.29, 1.82) is 0 Å². The van der Waals surface area contributed by atoms with Crippen molar-refractivity contribution in [3.05, 3.63) is 36.4 Å². The number of hydrogen-bond donors (Lipinski definition) is 2. The van der Waals surface area contributed by atoms with Gasteiger partial charge in [0.2, 0.25) is 5.91 Å². The summed E-state index contributed by atoms with van der Waals surface area (Å²) in [5.74, 6) is -1.52. The van der Waals surface area contributed by atoms with Crippen molar-refractivity contribution in [2.24, 2.45) is 0 Å². The lowest BCUT2D eigenvalue weighted by molar-refractivity contribution is -0.141. The molecular weight excluding hydrogens is 374 g/mol. The molecule has 1 aromatic carbocycles. The largest absolute Gasteiger partial charge is 0.480 e. The molecule has 0 aliphatic carbocycles. The number of carbonyl (C=O) groups is 2. The zero-order valence-corrected chi connectivity index (χ0v) is 16.8. The number of hydrogen-bond acceptors (Lipinski definition) is 5. The summed E-state index contributed by atoms with van der Waals surface area (Å²) < 4.78 is 24.8. The van der Waals surface area contributed by atoms with Crippen molar-refractivity contribution in [2.45, 2.75) is 54.7 Å². The smallest absolute Gasteiger partial charge is 0.326 e. The summed E-state index contributed by atoms with van der Waals surface area (Å²) >= 11 is 1.11. The minimum absolute atomic E-state index is 0.0373. The summed E-state index contributed by atoms with van der Waals surface area (Å²) in [6.45, 7) is 5.19. The molecule has 6 nitrogen and oxygen atoms in total. The molecule has 1 amide bonds. The molecule has 1 rings (SSSR count). The van der Waals surface area contributed by atoms with Gasteiger partial charge in [-0.25, -0.2) is 13.2 Å². The molecule has 0 radical (unpaired) electrons. The van der Waals surface area contributed by atoms with Crippen LogP contribution in [0.25, 0.3) is 0 Å². The second-order valence-electron chi connectivity index (χ2n) is 5.73. The lowest BCUT2D eigenvalue weighted by Gasteiger charge is -2.18. The van der Waals surface area contributed by atoms with Crippen LogP contribution in [0.2, 0.25) is 0 Å². The number of rotatable bonds is 10. The lowest BCUT2D eigenvalue weighted by Crippen LogP contribution is -2.43. The van der Waals surface area contributed by atoms with Gasteiger partial charge in [-0.2, -0.15) is 0 Å². The normalized spacial score (nSPS) is 14.1. The van der Waals surface area contributed by atoms with Gasteiger partial charge in [-0.15, -0.1) is 11.8 Å². The fraction of sp³-hybridized carbons (Fsp3) is 0.444. The van der Waals surface area contributed by atoms with E-state index in [0.29, 0.717) is 11.3 Å². The number of carboxylic acid groups (broad SMARTS) is 1. The van der Waals surface area contributed by atoms with Crippen LogP contribution in [-0.2, 0) is 19.4 Å². The van der Waals surface area contributed by atoms with Crippen LogP contribution < -0.4 is 5.32 Å². The first-order valence-electron chi connectivity index (χ1n) is 8.35. The number of benzene rings is 1. The van der Waals surface area contributed by atoms with Crippen molar-refractivity contribution >= 4 is 33.5 Å².